The van der Waals surface area contributed by atoms with Gasteiger partial charge >= 0.3 is 0 Å². The van der Waals surface area contributed by atoms with E-state index in [2.05, 4.69) is 0 Å². The van der Waals surface area contributed by atoms with E-state index in [1.165, 1.54) is 0 Å². The van der Waals surface area contributed by atoms with Crippen LogP contribution in [0.15, 0.2) is 24.3 Å². The van der Waals surface area contributed by atoms with Crippen molar-refractivity contribution in [2.45, 2.75) is 38.6 Å². The minimum absolute atomic E-state index is 0.0428. The molecule has 1 aromatic carbocycles. The number of hydrogen-bond donors (Lipinski definition) is 1. The number of ether oxygens (including phenoxy) is 1. The fraction of sp³-hybridized carbons (Fsp3) is 0.500. The quantitative estimate of drug-likeness (QED) is 0.821. The molecule has 0 spiro atoms. The summed E-state index contributed by atoms with van der Waals surface area (Å²) >= 11 is 5.01. The number of para-hydroxylation sites is 1. The van der Waals surface area contributed by atoms with E-state index < -0.39 is 0 Å². The molecule has 0 radical (unpaired) electrons. The van der Waals surface area contributed by atoms with Gasteiger partial charge in [0.2, 0.25) is 0 Å². The maximum absolute atomic E-state index is 12.9. The molecule has 2 N–H and O–H groups in total. The number of nitrogens with zero attached hydrogens (tertiary/aromatic N) is 1. The molecule has 0 bridgehead atoms. The second kappa shape index (κ2) is 7.41. The van der Waals surface area contributed by atoms with Crippen molar-refractivity contribution in [2.75, 3.05) is 13.2 Å². The molecule has 1 aromatic rings. The molecule has 0 aliphatic heterocycles. The predicted molar refractivity (Wildman–Crippen MR) is 87.7 cm³/mol. The Morgan fingerprint density at radius 1 is 1.38 bits per heavy atom. The second-order valence-electron chi connectivity index (χ2n) is 5.27. The minimum Gasteiger partial charge on any atom is -0.493 e. The molecule has 0 saturated heterocycles. The zero-order chi connectivity index (χ0) is 15.2. The molecule has 0 atom stereocenters. The molecule has 1 aliphatic carbocycles. The first-order valence-corrected chi connectivity index (χ1v) is 7.85. The number of thiocarbonyl (C=S) groups is 1. The van der Waals surface area contributed by atoms with Crippen LogP contribution in [0.4, 0.5) is 0 Å². The van der Waals surface area contributed by atoms with E-state index in [9.17, 15) is 4.79 Å². The van der Waals surface area contributed by atoms with Crippen LogP contribution >= 0.6 is 12.2 Å². The molecule has 114 valence electrons. The van der Waals surface area contributed by atoms with E-state index in [1.807, 2.05) is 30.0 Å². The van der Waals surface area contributed by atoms with E-state index in [1.54, 1.807) is 6.07 Å². The average molecular weight is 306 g/mol. The standard InChI is InChI=1S/C16H22N2O2S/c1-2-20-14-10-6-5-9-13(14)16(19)18(11-15(17)21)12-7-3-4-8-12/h5-6,9-10,12H,2-4,7-8,11H2,1H3,(H2,17,21). The van der Waals surface area contributed by atoms with Crippen molar-refractivity contribution in [3.63, 3.8) is 0 Å². The van der Waals surface area contributed by atoms with Crippen molar-refractivity contribution in [3.05, 3.63) is 29.8 Å². The highest BCUT2D eigenvalue weighted by molar-refractivity contribution is 7.80. The third kappa shape index (κ3) is 3.94. The molecular formula is C16H22N2O2S. The van der Waals surface area contributed by atoms with Gasteiger partial charge in [-0.05, 0) is 31.9 Å². The molecule has 1 saturated carbocycles. The normalized spacial score (nSPS) is 14.9. The monoisotopic (exact) mass is 306 g/mol. The van der Waals surface area contributed by atoms with Crippen LogP contribution in [0.2, 0.25) is 0 Å². The molecule has 0 unspecified atom stereocenters. The highest BCUT2D eigenvalue weighted by Gasteiger charge is 2.29. The van der Waals surface area contributed by atoms with Crippen molar-refractivity contribution in [2.24, 2.45) is 5.73 Å². The molecular weight excluding hydrogens is 284 g/mol. The van der Waals surface area contributed by atoms with Gasteiger partial charge in [-0.2, -0.15) is 0 Å². The van der Waals surface area contributed by atoms with Gasteiger partial charge in [0, 0.05) is 6.04 Å². The number of hydrogen-bond acceptors (Lipinski definition) is 3. The average Bonchev–Trinajstić information content (AvgIpc) is 2.99. The number of nitrogens with two attached hydrogens (primary N) is 1. The lowest BCUT2D eigenvalue weighted by Gasteiger charge is -2.29. The topological polar surface area (TPSA) is 55.6 Å². The van der Waals surface area contributed by atoms with Crippen LogP contribution in [0.1, 0.15) is 43.0 Å². The summed E-state index contributed by atoms with van der Waals surface area (Å²) in [6.45, 7) is 2.77. The molecule has 5 heteroatoms. The summed E-state index contributed by atoms with van der Waals surface area (Å²) in [6.07, 6.45) is 4.34. The number of rotatable bonds is 6. The minimum atomic E-state index is -0.0428. The van der Waals surface area contributed by atoms with Crippen LogP contribution in [-0.2, 0) is 0 Å². The van der Waals surface area contributed by atoms with Crippen molar-refractivity contribution in [3.8, 4) is 5.75 Å². The van der Waals surface area contributed by atoms with Gasteiger partial charge in [0.15, 0.2) is 0 Å². The summed E-state index contributed by atoms with van der Waals surface area (Å²) in [7, 11) is 0. The molecule has 1 fully saturated rings. The fourth-order valence-corrected chi connectivity index (χ4v) is 2.97. The Labute approximate surface area is 131 Å². The van der Waals surface area contributed by atoms with Gasteiger partial charge in [-0.3, -0.25) is 4.79 Å². The second-order valence-corrected chi connectivity index (χ2v) is 5.79. The van der Waals surface area contributed by atoms with Crippen LogP contribution in [0.25, 0.3) is 0 Å². The predicted octanol–water partition coefficient (Wildman–Crippen LogP) is 2.76. The zero-order valence-corrected chi connectivity index (χ0v) is 13.2. The highest BCUT2D eigenvalue weighted by Crippen LogP contribution is 2.27. The first-order chi connectivity index (χ1) is 10.1. The van der Waals surface area contributed by atoms with Gasteiger partial charge in [0.25, 0.3) is 5.91 Å². The smallest absolute Gasteiger partial charge is 0.258 e. The number of amides is 1. The lowest BCUT2D eigenvalue weighted by molar-refractivity contribution is 0.0710. The third-order valence-electron chi connectivity index (χ3n) is 3.77. The molecule has 0 heterocycles. The van der Waals surface area contributed by atoms with Crippen LogP contribution in [0, 0.1) is 0 Å². The Balaban J connectivity index is 2.26. The Bertz CT molecular complexity index is 513. The summed E-state index contributed by atoms with van der Waals surface area (Å²) < 4.78 is 5.56. The molecule has 1 aliphatic rings. The van der Waals surface area contributed by atoms with E-state index >= 15 is 0 Å². The lowest BCUT2D eigenvalue weighted by atomic mass is 10.1. The summed E-state index contributed by atoms with van der Waals surface area (Å²) in [5.74, 6) is 0.578. The van der Waals surface area contributed by atoms with E-state index in [0.717, 1.165) is 25.7 Å². The van der Waals surface area contributed by atoms with Crippen molar-refractivity contribution in [1.29, 1.82) is 0 Å². The third-order valence-corrected chi connectivity index (χ3v) is 3.90. The SMILES string of the molecule is CCOc1ccccc1C(=O)N(CC(N)=S)C1CCCC1. The van der Waals surface area contributed by atoms with E-state index in [0.29, 0.717) is 29.5 Å². The van der Waals surface area contributed by atoms with Crippen LogP contribution in [0.3, 0.4) is 0 Å². The van der Waals surface area contributed by atoms with Gasteiger partial charge < -0.3 is 15.4 Å². The fourth-order valence-electron chi connectivity index (χ4n) is 2.83. The maximum atomic E-state index is 12.9. The van der Waals surface area contributed by atoms with Gasteiger partial charge in [0.1, 0.15) is 5.75 Å². The van der Waals surface area contributed by atoms with Crippen LogP contribution in [-0.4, -0.2) is 35.0 Å². The van der Waals surface area contributed by atoms with E-state index in [-0.39, 0.29) is 11.9 Å². The van der Waals surface area contributed by atoms with Gasteiger partial charge in [-0.25, -0.2) is 0 Å². The Hall–Kier alpha value is -1.62. The lowest BCUT2D eigenvalue weighted by Crippen LogP contribution is -2.43. The summed E-state index contributed by atoms with van der Waals surface area (Å²) in [5, 5.41) is 0. The molecule has 21 heavy (non-hydrogen) atoms. The largest absolute Gasteiger partial charge is 0.493 e. The number of benzene rings is 1. The maximum Gasteiger partial charge on any atom is 0.258 e. The molecule has 4 nitrogen and oxygen atoms in total. The highest BCUT2D eigenvalue weighted by atomic mass is 32.1. The Kier molecular flexibility index (Phi) is 5.56. The summed E-state index contributed by atoms with van der Waals surface area (Å²) in [6, 6.07) is 7.58. The Morgan fingerprint density at radius 3 is 2.67 bits per heavy atom. The Morgan fingerprint density at radius 2 is 2.05 bits per heavy atom. The van der Waals surface area contributed by atoms with Crippen LogP contribution in [0.5, 0.6) is 5.75 Å². The summed E-state index contributed by atoms with van der Waals surface area (Å²) in [4.78, 5) is 15.1. The zero-order valence-electron chi connectivity index (χ0n) is 12.4. The van der Waals surface area contributed by atoms with Gasteiger partial charge in [-0.15, -0.1) is 0 Å². The van der Waals surface area contributed by atoms with Gasteiger partial charge in [0.05, 0.1) is 23.7 Å². The van der Waals surface area contributed by atoms with Gasteiger partial charge in [-0.1, -0.05) is 37.2 Å². The molecule has 1 amide bonds. The number of carbonyl (C=O) groups is 1. The van der Waals surface area contributed by atoms with Crippen molar-refractivity contribution >= 4 is 23.1 Å². The molecule has 0 aromatic heterocycles. The molecule has 2 rings (SSSR count). The first kappa shape index (κ1) is 15.8. The number of carbonyl (C=O) groups excluding carboxylic acids is 1. The van der Waals surface area contributed by atoms with Crippen molar-refractivity contribution < 1.29 is 9.53 Å². The first-order valence-electron chi connectivity index (χ1n) is 7.44. The van der Waals surface area contributed by atoms with Crippen LogP contribution < -0.4 is 10.5 Å². The van der Waals surface area contributed by atoms with E-state index in [4.69, 9.17) is 22.7 Å². The van der Waals surface area contributed by atoms with Crippen molar-refractivity contribution in [1.82, 2.24) is 4.90 Å². The summed E-state index contributed by atoms with van der Waals surface area (Å²) in [5.41, 5.74) is 6.27.